The van der Waals surface area contributed by atoms with Gasteiger partial charge in [0.25, 0.3) is 0 Å². The van der Waals surface area contributed by atoms with Gasteiger partial charge in [-0.3, -0.25) is 19.5 Å². The maximum atomic E-state index is 13.3. The van der Waals surface area contributed by atoms with Gasteiger partial charge in [0.2, 0.25) is 17.8 Å². The third-order valence-electron chi connectivity index (χ3n) is 6.29. The van der Waals surface area contributed by atoms with Crippen LogP contribution in [0.15, 0.2) is 91.1 Å². The second-order valence-corrected chi connectivity index (χ2v) is 9.21. The number of nitrogens with zero attached hydrogens (tertiary/aromatic N) is 3. The van der Waals surface area contributed by atoms with E-state index in [1.54, 1.807) is 4.90 Å². The molecule has 2 amide bonds. The molecule has 1 heterocycles. The van der Waals surface area contributed by atoms with Crippen molar-refractivity contribution in [1.82, 2.24) is 14.5 Å². The fourth-order valence-electron chi connectivity index (χ4n) is 4.20. The second kappa shape index (κ2) is 11.0. The highest BCUT2D eigenvalue weighted by atomic mass is 16.2. The van der Waals surface area contributed by atoms with Crippen molar-refractivity contribution in [2.75, 3.05) is 11.9 Å². The predicted molar refractivity (Wildman–Crippen MR) is 144 cm³/mol. The minimum atomic E-state index is -0.347. The maximum absolute atomic E-state index is 13.3. The highest BCUT2D eigenvalue weighted by Crippen LogP contribution is 2.26. The number of para-hydroxylation sites is 1. The van der Waals surface area contributed by atoms with Gasteiger partial charge in [0, 0.05) is 17.8 Å². The Hall–Kier alpha value is -4.19. The van der Waals surface area contributed by atoms with Crippen LogP contribution in [0.4, 0.5) is 5.95 Å². The average Bonchev–Trinajstić information content (AvgIpc) is 3.31. The maximum Gasteiger partial charge on any atom is 0.246 e. The summed E-state index contributed by atoms with van der Waals surface area (Å²) in [6, 6.07) is 27.3. The molecule has 6 nitrogen and oxygen atoms in total. The normalized spacial score (nSPS) is 11.8. The lowest BCUT2D eigenvalue weighted by Crippen LogP contribution is -2.44. The highest BCUT2D eigenvalue weighted by molar-refractivity contribution is 5.95. The first kappa shape index (κ1) is 24.9. The molecule has 6 heteroatoms. The predicted octanol–water partition coefficient (Wildman–Crippen LogP) is 5.83. The molecule has 0 saturated carbocycles. The Labute approximate surface area is 212 Å². The molecule has 0 aliphatic rings. The Bertz CT molecular complexity index is 1330. The molecule has 0 unspecified atom stereocenters. The quantitative estimate of drug-likeness (QED) is 0.345. The average molecular weight is 481 g/mol. The number of hydrogen-bond donors (Lipinski definition) is 1. The number of carbonyl (C=O) groups excluding carboxylic acids is 2. The van der Waals surface area contributed by atoms with Crippen molar-refractivity contribution in [3.8, 4) is 16.9 Å². The summed E-state index contributed by atoms with van der Waals surface area (Å²) in [5.41, 5.74) is 4.62. The molecule has 0 saturated heterocycles. The third kappa shape index (κ3) is 5.54. The van der Waals surface area contributed by atoms with Crippen LogP contribution in [0.2, 0.25) is 0 Å². The van der Waals surface area contributed by atoms with Gasteiger partial charge in [0.15, 0.2) is 0 Å². The monoisotopic (exact) mass is 480 g/mol. The van der Waals surface area contributed by atoms with Gasteiger partial charge in [-0.1, -0.05) is 78.9 Å². The lowest BCUT2D eigenvalue weighted by atomic mass is 9.99. The lowest BCUT2D eigenvalue weighted by molar-refractivity contribution is -0.137. The van der Waals surface area contributed by atoms with Crippen molar-refractivity contribution in [3.63, 3.8) is 0 Å². The standard InChI is InChI=1S/C30H32N4O2/c1-21(2)33(29(36)23(4)24-14-7-5-8-15-24)20-28(35)32-30-31-26(25-16-9-6-10-17-25)19-34(30)27-18-12-11-13-22(27)3/h5-19,21,23H,20H2,1-4H3,(H,31,32,35)/t23-/m1/s1. The molecule has 36 heavy (non-hydrogen) atoms. The number of amides is 2. The van der Waals surface area contributed by atoms with Crippen LogP contribution in [-0.4, -0.2) is 38.9 Å². The number of rotatable bonds is 8. The van der Waals surface area contributed by atoms with Crippen LogP contribution >= 0.6 is 0 Å². The van der Waals surface area contributed by atoms with Gasteiger partial charge >= 0.3 is 0 Å². The SMILES string of the molecule is Cc1ccccc1-n1cc(-c2ccccc2)nc1NC(=O)CN(C(=O)[C@H](C)c1ccccc1)C(C)C. The van der Waals surface area contributed by atoms with Crippen LogP contribution < -0.4 is 5.32 Å². The van der Waals surface area contributed by atoms with Crippen LogP contribution in [0.5, 0.6) is 0 Å². The smallest absolute Gasteiger partial charge is 0.246 e. The van der Waals surface area contributed by atoms with E-state index < -0.39 is 0 Å². The molecule has 1 atom stereocenters. The number of hydrogen-bond acceptors (Lipinski definition) is 3. The number of benzene rings is 3. The summed E-state index contributed by atoms with van der Waals surface area (Å²) in [5, 5.41) is 2.96. The Morgan fingerprint density at radius 3 is 2.14 bits per heavy atom. The molecule has 0 aliphatic carbocycles. The van der Waals surface area contributed by atoms with Crippen molar-refractivity contribution in [3.05, 3.63) is 102 Å². The van der Waals surface area contributed by atoms with E-state index in [9.17, 15) is 9.59 Å². The first-order valence-corrected chi connectivity index (χ1v) is 12.2. The summed E-state index contributed by atoms with van der Waals surface area (Å²) in [6.45, 7) is 7.68. The zero-order chi connectivity index (χ0) is 25.7. The molecule has 1 aromatic heterocycles. The van der Waals surface area contributed by atoms with Crippen molar-refractivity contribution >= 4 is 17.8 Å². The summed E-state index contributed by atoms with van der Waals surface area (Å²) < 4.78 is 1.89. The van der Waals surface area contributed by atoms with Crippen LogP contribution in [0, 0.1) is 6.92 Å². The van der Waals surface area contributed by atoms with Gasteiger partial charge in [-0.15, -0.1) is 0 Å². The molecule has 4 rings (SSSR count). The van der Waals surface area contributed by atoms with Crippen LogP contribution in [-0.2, 0) is 9.59 Å². The zero-order valence-corrected chi connectivity index (χ0v) is 21.2. The molecule has 0 spiro atoms. The summed E-state index contributed by atoms with van der Waals surface area (Å²) in [5.74, 6) is -0.309. The Morgan fingerprint density at radius 1 is 0.889 bits per heavy atom. The van der Waals surface area contributed by atoms with Crippen molar-refractivity contribution < 1.29 is 9.59 Å². The number of nitrogens with one attached hydrogen (secondary N) is 1. The molecule has 0 bridgehead atoms. The van der Waals surface area contributed by atoms with Gasteiger partial charge in [-0.05, 0) is 44.9 Å². The van der Waals surface area contributed by atoms with Crippen molar-refractivity contribution in [2.45, 2.75) is 39.7 Å². The third-order valence-corrected chi connectivity index (χ3v) is 6.29. The molecular weight excluding hydrogens is 448 g/mol. The first-order valence-electron chi connectivity index (χ1n) is 12.2. The molecule has 3 aromatic carbocycles. The molecule has 0 aliphatic heterocycles. The topological polar surface area (TPSA) is 67.2 Å². The summed E-state index contributed by atoms with van der Waals surface area (Å²) in [7, 11) is 0. The van der Waals surface area contributed by atoms with E-state index in [0.29, 0.717) is 5.95 Å². The molecule has 1 N–H and O–H groups in total. The van der Waals surface area contributed by atoms with Gasteiger partial charge in [-0.2, -0.15) is 0 Å². The van der Waals surface area contributed by atoms with Gasteiger partial charge in [0.1, 0.15) is 6.54 Å². The van der Waals surface area contributed by atoms with Crippen LogP contribution in [0.1, 0.15) is 37.8 Å². The molecular formula is C30H32N4O2. The van der Waals surface area contributed by atoms with E-state index in [1.165, 1.54) is 0 Å². The van der Waals surface area contributed by atoms with E-state index in [2.05, 4.69) is 5.32 Å². The molecule has 0 radical (unpaired) electrons. The molecule has 184 valence electrons. The lowest BCUT2D eigenvalue weighted by Gasteiger charge is -2.29. The summed E-state index contributed by atoms with van der Waals surface area (Å²) in [6.07, 6.45) is 1.93. The van der Waals surface area contributed by atoms with E-state index in [4.69, 9.17) is 4.98 Å². The van der Waals surface area contributed by atoms with E-state index >= 15 is 0 Å². The summed E-state index contributed by atoms with van der Waals surface area (Å²) in [4.78, 5) is 32.9. The Morgan fingerprint density at radius 2 is 1.50 bits per heavy atom. The zero-order valence-electron chi connectivity index (χ0n) is 21.2. The largest absolute Gasteiger partial charge is 0.330 e. The van der Waals surface area contributed by atoms with Crippen LogP contribution in [0.3, 0.4) is 0 Å². The highest BCUT2D eigenvalue weighted by Gasteiger charge is 2.26. The Balaban J connectivity index is 1.60. The minimum Gasteiger partial charge on any atom is -0.330 e. The minimum absolute atomic E-state index is 0.0605. The fourth-order valence-corrected chi connectivity index (χ4v) is 4.20. The summed E-state index contributed by atoms with van der Waals surface area (Å²) >= 11 is 0. The number of anilines is 1. The molecule has 4 aromatic rings. The van der Waals surface area contributed by atoms with Crippen molar-refractivity contribution in [1.29, 1.82) is 0 Å². The van der Waals surface area contributed by atoms with Crippen molar-refractivity contribution in [2.24, 2.45) is 0 Å². The van der Waals surface area contributed by atoms with E-state index in [-0.39, 0.29) is 30.3 Å². The van der Waals surface area contributed by atoms with Gasteiger partial charge in [0.05, 0.1) is 17.3 Å². The number of imidazole rings is 1. The second-order valence-electron chi connectivity index (χ2n) is 9.21. The first-order chi connectivity index (χ1) is 17.3. The van der Waals surface area contributed by atoms with Gasteiger partial charge in [-0.25, -0.2) is 4.98 Å². The van der Waals surface area contributed by atoms with E-state index in [0.717, 1.165) is 28.1 Å². The Kier molecular flexibility index (Phi) is 7.64. The van der Waals surface area contributed by atoms with E-state index in [1.807, 2.05) is 123 Å². The van der Waals surface area contributed by atoms with Crippen LogP contribution in [0.25, 0.3) is 16.9 Å². The van der Waals surface area contributed by atoms with Gasteiger partial charge < -0.3 is 4.90 Å². The molecule has 0 fully saturated rings. The fraction of sp³-hybridized carbons (Fsp3) is 0.233. The number of carbonyl (C=O) groups is 2. The number of aromatic nitrogens is 2. The number of aryl methyl sites for hydroxylation is 1.